The van der Waals surface area contributed by atoms with E-state index in [1.807, 2.05) is 48.5 Å². The van der Waals surface area contributed by atoms with E-state index in [1.165, 1.54) is 0 Å². The Hall–Kier alpha value is -3.84. The van der Waals surface area contributed by atoms with Gasteiger partial charge in [-0.3, -0.25) is 0 Å². The molecule has 6 rings (SSSR count). The zero-order valence-corrected chi connectivity index (χ0v) is 15.5. The maximum atomic E-state index is 8.43. The van der Waals surface area contributed by atoms with Gasteiger partial charge in [-0.2, -0.15) is 0 Å². The Morgan fingerprint density at radius 1 is 0.552 bits per heavy atom. The van der Waals surface area contributed by atoms with Crippen LogP contribution in [-0.2, 0) is 0 Å². The molecule has 5 aromatic carbocycles. The molecule has 0 spiro atoms. The molecule has 0 atom stereocenters. The smallest absolute Gasteiger partial charge is 0.0629 e. The molecule has 0 amide bonds. The first kappa shape index (κ1) is 11.9. The van der Waals surface area contributed by atoms with Crippen molar-refractivity contribution in [3.63, 3.8) is 0 Å². The van der Waals surface area contributed by atoms with Gasteiger partial charge >= 0.3 is 0 Å². The summed E-state index contributed by atoms with van der Waals surface area (Å²) in [5.74, 6) is 0. The van der Waals surface area contributed by atoms with Gasteiger partial charge < -0.3 is 4.57 Å². The molecule has 0 aliphatic heterocycles. The fraction of sp³-hybridized carbons (Fsp3) is 0. The Kier molecular flexibility index (Phi) is 2.60. The van der Waals surface area contributed by atoms with Crippen molar-refractivity contribution in [2.45, 2.75) is 0 Å². The van der Waals surface area contributed by atoms with E-state index < -0.39 is 0 Å². The molecule has 1 heterocycles. The maximum absolute atomic E-state index is 8.43. The van der Waals surface area contributed by atoms with Crippen LogP contribution < -0.4 is 0 Å². The fourth-order valence-electron chi connectivity index (χ4n) is 4.18. The van der Waals surface area contributed by atoms with E-state index in [4.69, 9.17) is 6.85 Å². The molecule has 0 radical (unpaired) electrons. The van der Waals surface area contributed by atoms with E-state index in [-0.39, 0.29) is 35.8 Å². The summed E-state index contributed by atoms with van der Waals surface area (Å²) in [5, 5.41) is 4.38. The summed E-state index contributed by atoms with van der Waals surface area (Å²) < 4.78 is 43.2. The van der Waals surface area contributed by atoms with Gasteiger partial charge in [0, 0.05) is 16.2 Å². The van der Waals surface area contributed by atoms with Gasteiger partial charge in [0.25, 0.3) is 0 Å². The van der Waals surface area contributed by atoms with Crippen LogP contribution in [-0.4, -0.2) is 4.57 Å². The van der Waals surface area contributed by atoms with Gasteiger partial charge in [0.15, 0.2) is 0 Å². The lowest BCUT2D eigenvalue weighted by Gasteiger charge is -2.12. The van der Waals surface area contributed by atoms with Crippen LogP contribution >= 0.6 is 0 Å². The zero-order chi connectivity index (χ0) is 23.6. The third-order valence-electron chi connectivity index (χ3n) is 5.47. The summed E-state index contributed by atoms with van der Waals surface area (Å²) in [7, 11) is 0. The van der Waals surface area contributed by atoms with Crippen molar-refractivity contribution in [3.05, 3.63) is 115 Å². The number of benzene rings is 5. The number of para-hydroxylation sites is 1. The van der Waals surface area contributed by atoms with Gasteiger partial charge in [0.05, 0.1) is 23.6 Å². The number of aromatic nitrogens is 1. The lowest BCUT2D eigenvalue weighted by atomic mass is 10.0. The highest BCUT2D eigenvalue weighted by atomic mass is 15.0. The van der Waals surface area contributed by atoms with E-state index in [0.29, 0.717) is 5.56 Å². The number of nitrogens with zero attached hydrogens (tertiary/aromatic N) is 1. The van der Waals surface area contributed by atoms with Crippen LogP contribution in [0.4, 0.5) is 0 Å². The predicted molar refractivity (Wildman–Crippen MR) is 124 cm³/mol. The quantitative estimate of drug-likeness (QED) is 0.294. The van der Waals surface area contributed by atoms with Crippen molar-refractivity contribution >= 4 is 32.6 Å². The Morgan fingerprint density at radius 2 is 1.28 bits per heavy atom. The normalized spacial score (nSPS) is 13.9. The SMILES string of the molecule is [2H]c1c([2H])c([2H])c(-c2ccc3c4ccccc4n(-c4cccc5ccccc45)c3c2)c([2H])c1[2H]. The molecule has 0 unspecified atom stereocenters. The predicted octanol–water partition coefficient (Wildman–Crippen LogP) is 7.60. The second-order valence-corrected chi connectivity index (χ2v) is 7.08. The van der Waals surface area contributed by atoms with Crippen molar-refractivity contribution in [3.8, 4) is 16.8 Å². The van der Waals surface area contributed by atoms with Crippen LogP contribution in [0.5, 0.6) is 0 Å². The lowest BCUT2D eigenvalue weighted by Crippen LogP contribution is -1.95. The highest BCUT2D eigenvalue weighted by Gasteiger charge is 2.14. The van der Waals surface area contributed by atoms with E-state index in [2.05, 4.69) is 41.0 Å². The van der Waals surface area contributed by atoms with E-state index in [0.717, 1.165) is 38.3 Å². The first-order chi connectivity index (χ1) is 16.5. The summed E-state index contributed by atoms with van der Waals surface area (Å²) in [6.07, 6.45) is 0. The first-order valence-electron chi connectivity index (χ1n) is 12.1. The lowest BCUT2D eigenvalue weighted by molar-refractivity contribution is 1.20. The van der Waals surface area contributed by atoms with E-state index in [1.54, 1.807) is 0 Å². The van der Waals surface area contributed by atoms with Gasteiger partial charge in [0.1, 0.15) is 0 Å². The molecule has 0 aliphatic carbocycles. The van der Waals surface area contributed by atoms with Crippen molar-refractivity contribution in [1.29, 1.82) is 0 Å². The van der Waals surface area contributed by atoms with Crippen LogP contribution in [0, 0.1) is 0 Å². The molecular weight excluding hydrogens is 350 g/mol. The van der Waals surface area contributed by atoms with Crippen LogP contribution in [0.15, 0.2) is 115 Å². The largest absolute Gasteiger partial charge is 0.309 e. The van der Waals surface area contributed by atoms with Crippen LogP contribution in [0.25, 0.3) is 49.4 Å². The van der Waals surface area contributed by atoms with E-state index in [9.17, 15) is 0 Å². The number of fused-ring (bicyclic) bond motifs is 4. The fourth-order valence-corrected chi connectivity index (χ4v) is 4.18. The van der Waals surface area contributed by atoms with Crippen molar-refractivity contribution in [2.75, 3.05) is 0 Å². The number of hydrogen-bond acceptors (Lipinski definition) is 0. The first-order valence-corrected chi connectivity index (χ1v) is 9.56. The Bertz CT molecular complexity index is 1730. The summed E-state index contributed by atoms with van der Waals surface area (Å²) in [6, 6.07) is 27.0. The summed E-state index contributed by atoms with van der Waals surface area (Å²) in [5.41, 5.74) is 3.80. The second kappa shape index (κ2) is 6.35. The minimum Gasteiger partial charge on any atom is -0.309 e. The van der Waals surface area contributed by atoms with Crippen LogP contribution in [0.3, 0.4) is 0 Å². The average Bonchev–Trinajstić information content (AvgIpc) is 3.19. The molecule has 0 saturated heterocycles. The molecule has 136 valence electrons. The molecule has 6 aromatic rings. The Labute approximate surface area is 176 Å². The van der Waals surface area contributed by atoms with Gasteiger partial charge in [-0.1, -0.05) is 96.9 Å². The highest BCUT2D eigenvalue weighted by molar-refractivity contribution is 6.11. The van der Waals surface area contributed by atoms with Gasteiger partial charge in [-0.25, -0.2) is 0 Å². The number of hydrogen-bond donors (Lipinski definition) is 0. The molecule has 1 heteroatoms. The maximum Gasteiger partial charge on any atom is 0.0629 e. The Balaban J connectivity index is 1.74. The van der Waals surface area contributed by atoms with Gasteiger partial charge in [-0.15, -0.1) is 0 Å². The molecule has 0 N–H and O–H groups in total. The summed E-state index contributed by atoms with van der Waals surface area (Å²) >= 11 is 0. The minimum atomic E-state index is -0.385. The monoisotopic (exact) mass is 374 g/mol. The third-order valence-corrected chi connectivity index (χ3v) is 5.47. The summed E-state index contributed by atoms with van der Waals surface area (Å²) in [6.45, 7) is 0. The molecule has 1 nitrogen and oxygen atoms in total. The number of rotatable bonds is 2. The molecule has 0 fully saturated rings. The van der Waals surface area contributed by atoms with Crippen molar-refractivity contribution in [2.24, 2.45) is 0 Å². The Morgan fingerprint density at radius 3 is 2.17 bits per heavy atom. The molecule has 1 aromatic heterocycles. The zero-order valence-electron chi connectivity index (χ0n) is 20.5. The molecule has 0 saturated carbocycles. The standard InChI is InChI=1S/C28H19N/c1-2-9-20(10-3-1)22-17-18-25-24-14-6-7-15-27(24)29(28(25)19-22)26-16-8-12-21-11-4-5-13-23(21)26/h1-19H/i1D,2D,3D,9D,10D. The van der Waals surface area contributed by atoms with Crippen LogP contribution in [0.1, 0.15) is 6.85 Å². The topological polar surface area (TPSA) is 4.93 Å². The highest BCUT2D eigenvalue weighted by Crippen LogP contribution is 2.36. The van der Waals surface area contributed by atoms with Crippen molar-refractivity contribution in [1.82, 2.24) is 4.57 Å². The van der Waals surface area contributed by atoms with Crippen LogP contribution in [0.2, 0.25) is 0 Å². The second-order valence-electron chi connectivity index (χ2n) is 7.08. The van der Waals surface area contributed by atoms with Gasteiger partial charge in [0.2, 0.25) is 0 Å². The van der Waals surface area contributed by atoms with Gasteiger partial charge in [-0.05, 0) is 34.7 Å². The molecule has 0 bridgehead atoms. The third kappa shape index (κ3) is 2.48. The average molecular weight is 374 g/mol. The molecular formula is C28H19N. The molecule has 0 aliphatic rings. The summed E-state index contributed by atoms with van der Waals surface area (Å²) in [4.78, 5) is 0. The minimum absolute atomic E-state index is 0.196. The van der Waals surface area contributed by atoms with Crippen molar-refractivity contribution < 1.29 is 6.85 Å². The van der Waals surface area contributed by atoms with E-state index >= 15 is 0 Å². The molecule has 29 heavy (non-hydrogen) atoms.